The summed E-state index contributed by atoms with van der Waals surface area (Å²) in [6, 6.07) is 11.3. The predicted octanol–water partition coefficient (Wildman–Crippen LogP) is 3.12. The summed E-state index contributed by atoms with van der Waals surface area (Å²) < 4.78 is 0. The number of carbonyl (C=O) groups is 2. The summed E-state index contributed by atoms with van der Waals surface area (Å²) in [6.45, 7) is 1.35. The highest BCUT2D eigenvalue weighted by Gasteiger charge is 2.17. The molecule has 0 aliphatic heterocycles. The van der Waals surface area contributed by atoms with Crippen LogP contribution in [0.2, 0.25) is 0 Å². The van der Waals surface area contributed by atoms with E-state index in [-0.39, 0.29) is 28.5 Å². The van der Waals surface area contributed by atoms with Gasteiger partial charge in [0.2, 0.25) is 5.91 Å². The Morgan fingerprint density at radius 1 is 1.21 bits per heavy atom. The van der Waals surface area contributed by atoms with Crippen LogP contribution in [0.25, 0.3) is 0 Å². The quantitative estimate of drug-likeness (QED) is 0.345. The topological polar surface area (TPSA) is 115 Å². The van der Waals surface area contributed by atoms with E-state index in [2.05, 4.69) is 5.32 Å². The zero-order valence-electron chi connectivity index (χ0n) is 12.8. The third-order valence-electron chi connectivity index (χ3n) is 3.13. The van der Waals surface area contributed by atoms with Crippen molar-refractivity contribution in [3.63, 3.8) is 0 Å². The lowest BCUT2D eigenvalue weighted by Gasteiger charge is -2.12. The van der Waals surface area contributed by atoms with Gasteiger partial charge in [-0.2, -0.15) is 0 Å². The van der Waals surface area contributed by atoms with E-state index < -0.39 is 10.8 Å². The Balaban J connectivity index is 2.36. The molecule has 0 aromatic heterocycles. The van der Waals surface area contributed by atoms with Crippen LogP contribution >= 0.6 is 11.8 Å². The van der Waals surface area contributed by atoms with Crippen molar-refractivity contribution in [1.82, 2.24) is 0 Å². The van der Waals surface area contributed by atoms with E-state index in [1.165, 1.54) is 36.9 Å². The molecule has 0 saturated heterocycles. The number of para-hydroxylation sites is 1. The second-order valence-corrected chi connectivity index (χ2v) is 5.94. The number of rotatable bonds is 7. The Morgan fingerprint density at radius 2 is 1.92 bits per heavy atom. The van der Waals surface area contributed by atoms with Gasteiger partial charge in [-0.25, -0.2) is 0 Å². The second-order valence-electron chi connectivity index (χ2n) is 4.92. The number of nitrogens with one attached hydrogen (secondary N) is 1. The number of carbonyl (C=O) groups excluding carboxylic acids is 2. The Labute approximate surface area is 142 Å². The van der Waals surface area contributed by atoms with E-state index in [4.69, 9.17) is 5.73 Å². The summed E-state index contributed by atoms with van der Waals surface area (Å²) in [7, 11) is 0. The summed E-state index contributed by atoms with van der Waals surface area (Å²) in [5.41, 5.74) is 6.10. The van der Waals surface area contributed by atoms with Crippen LogP contribution in [0.1, 0.15) is 17.3 Å². The van der Waals surface area contributed by atoms with Gasteiger partial charge < -0.3 is 11.1 Å². The smallest absolute Gasteiger partial charge is 0.293 e. The molecule has 0 saturated carbocycles. The molecule has 0 aliphatic carbocycles. The monoisotopic (exact) mass is 345 g/mol. The van der Waals surface area contributed by atoms with Crippen molar-refractivity contribution >= 4 is 40.5 Å². The predicted molar refractivity (Wildman–Crippen MR) is 92.7 cm³/mol. The fourth-order valence-corrected chi connectivity index (χ4v) is 2.74. The van der Waals surface area contributed by atoms with Crippen LogP contribution in [0.4, 0.5) is 17.1 Å². The van der Waals surface area contributed by atoms with Gasteiger partial charge >= 0.3 is 0 Å². The van der Waals surface area contributed by atoms with E-state index in [0.717, 1.165) is 4.90 Å². The molecule has 0 bridgehead atoms. The number of nitrogens with zero attached hydrogens (tertiary/aromatic N) is 1. The molecule has 7 nitrogen and oxygen atoms in total. The minimum absolute atomic E-state index is 0.101. The number of Topliss-reactive ketones (excluding diaryl/α,β-unsaturated/α-hetero) is 1. The van der Waals surface area contributed by atoms with Crippen molar-refractivity contribution in [1.29, 1.82) is 0 Å². The molecule has 0 heterocycles. The number of benzene rings is 2. The van der Waals surface area contributed by atoms with Gasteiger partial charge in [0.25, 0.3) is 5.69 Å². The van der Waals surface area contributed by atoms with Crippen molar-refractivity contribution < 1.29 is 14.5 Å². The third-order valence-corrected chi connectivity index (χ3v) is 4.22. The lowest BCUT2D eigenvalue weighted by Crippen LogP contribution is -2.13. The van der Waals surface area contributed by atoms with Crippen LogP contribution in [0.3, 0.4) is 0 Å². The molecule has 0 unspecified atom stereocenters. The van der Waals surface area contributed by atoms with Gasteiger partial charge in [-0.1, -0.05) is 12.1 Å². The molecule has 2 rings (SSSR count). The highest BCUT2D eigenvalue weighted by atomic mass is 32.2. The number of hydrogen-bond donors (Lipinski definition) is 2. The first-order valence-corrected chi connectivity index (χ1v) is 7.93. The minimum Gasteiger partial charge on any atom is -0.369 e. The number of nitrogens with two attached hydrogens (primary N) is 1. The number of ketones is 1. The summed E-state index contributed by atoms with van der Waals surface area (Å²) in [5.74, 6) is -0.599. The van der Waals surface area contributed by atoms with Crippen LogP contribution in [-0.4, -0.2) is 22.4 Å². The molecular weight excluding hydrogens is 330 g/mol. The van der Waals surface area contributed by atoms with Crippen molar-refractivity contribution in [2.75, 3.05) is 11.1 Å². The molecule has 0 aliphatic rings. The number of anilines is 2. The van der Waals surface area contributed by atoms with Gasteiger partial charge in [0.1, 0.15) is 5.69 Å². The third kappa shape index (κ3) is 4.32. The average Bonchev–Trinajstić information content (AvgIpc) is 2.53. The van der Waals surface area contributed by atoms with Crippen molar-refractivity contribution in [3.8, 4) is 0 Å². The lowest BCUT2D eigenvalue weighted by atomic mass is 10.1. The largest absolute Gasteiger partial charge is 0.369 e. The number of hydrogen-bond acceptors (Lipinski definition) is 6. The van der Waals surface area contributed by atoms with Gasteiger partial charge in [-0.05, 0) is 31.2 Å². The molecule has 1 amide bonds. The Kier molecular flexibility index (Phi) is 5.54. The Hall–Kier alpha value is -2.87. The number of primary amides is 1. The average molecular weight is 345 g/mol. The molecule has 2 aromatic carbocycles. The van der Waals surface area contributed by atoms with E-state index in [9.17, 15) is 19.7 Å². The van der Waals surface area contributed by atoms with E-state index in [1.807, 2.05) is 0 Å². The number of nitro groups is 1. The fraction of sp³-hybridized carbons (Fsp3) is 0.125. The van der Waals surface area contributed by atoms with Crippen molar-refractivity contribution in [2.24, 2.45) is 5.73 Å². The Bertz CT molecular complexity index is 808. The van der Waals surface area contributed by atoms with Gasteiger partial charge in [0.05, 0.1) is 16.4 Å². The highest BCUT2D eigenvalue weighted by Crippen LogP contribution is 2.33. The molecule has 0 spiro atoms. The maximum atomic E-state index is 11.4. The van der Waals surface area contributed by atoms with Crippen LogP contribution in [0.5, 0.6) is 0 Å². The number of nitro benzene ring substituents is 1. The molecule has 0 radical (unpaired) electrons. The highest BCUT2D eigenvalue weighted by molar-refractivity contribution is 8.00. The second kappa shape index (κ2) is 7.60. The zero-order chi connectivity index (χ0) is 17.7. The summed E-state index contributed by atoms with van der Waals surface area (Å²) in [6.07, 6.45) is 0. The maximum Gasteiger partial charge on any atom is 0.293 e. The first kappa shape index (κ1) is 17.5. The van der Waals surface area contributed by atoms with Crippen LogP contribution in [0, 0.1) is 10.1 Å². The molecule has 2 aromatic rings. The molecule has 3 N–H and O–H groups in total. The number of amides is 1. The summed E-state index contributed by atoms with van der Waals surface area (Å²) >= 11 is 1.24. The van der Waals surface area contributed by atoms with E-state index >= 15 is 0 Å². The zero-order valence-corrected chi connectivity index (χ0v) is 13.6. The van der Waals surface area contributed by atoms with Gasteiger partial charge in [0.15, 0.2) is 5.78 Å². The molecule has 8 heteroatoms. The minimum atomic E-state index is -0.548. The molecular formula is C16H15N3O4S. The summed E-state index contributed by atoms with van der Waals surface area (Å²) in [5, 5.41) is 14.3. The SMILES string of the molecule is CC(=O)c1ccc(Nc2ccccc2SCC(N)=O)c([N+](=O)[O-])c1. The molecule has 0 fully saturated rings. The van der Waals surface area contributed by atoms with E-state index in [1.54, 1.807) is 24.3 Å². The first-order valence-electron chi connectivity index (χ1n) is 6.95. The van der Waals surface area contributed by atoms with Crippen molar-refractivity contribution in [2.45, 2.75) is 11.8 Å². The maximum absolute atomic E-state index is 11.4. The molecule has 0 atom stereocenters. The first-order chi connectivity index (χ1) is 11.4. The molecule has 24 heavy (non-hydrogen) atoms. The van der Waals surface area contributed by atoms with Crippen molar-refractivity contribution in [3.05, 3.63) is 58.1 Å². The lowest BCUT2D eigenvalue weighted by molar-refractivity contribution is -0.383. The number of thioether (sulfide) groups is 1. The van der Waals surface area contributed by atoms with Gasteiger partial charge in [-0.3, -0.25) is 19.7 Å². The van der Waals surface area contributed by atoms with Crippen LogP contribution < -0.4 is 11.1 Å². The van der Waals surface area contributed by atoms with Crippen LogP contribution in [0.15, 0.2) is 47.4 Å². The van der Waals surface area contributed by atoms with Gasteiger partial charge in [0, 0.05) is 16.5 Å². The summed E-state index contributed by atoms with van der Waals surface area (Å²) in [4.78, 5) is 33.8. The fourth-order valence-electron chi connectivity index (χ4n) is 2.00. The molecule has 124 valence electrons. The Morgan fingerprint density at radius 3 is 2.54 bits per heavy atom. The van der Waals surface area contributed by atoms with Crippen LogP contribution in [-0.2, 0) is 4.79 Å². The normalized spacial score (nSPS) is 10.2. The van der Waals surface area contributed by atoms with E-state index in [0.29, 0.717) is 5.69 Å². The van der Waals surface area contributed by atoms with Gasteiger partial charge in [-0.15, -0.1) is 11.8 Å². The standard InChI is InChI=1S/C16H15N3O4S/c1-10(20)11-6-7-12(14(8-11)19(22)23)18-13-4-2-3-5-15(13)24-9-16(17)21/h2-8,18H,9H2,1H3,(H2,17,21).